The molecule has 0 heterocycles. The molecular weight excluding hydrogens is 180 g/mol. The van der Waals surface area contributed by atoms with Crippen molar-refractivity contribution >= 4 is 11.9 Å². The van der Waals surface area contributed by atoms with Crippen LogP contribution >= 0.6 is 0 Å². The van der Waals surface area contributed by atoms with Crippen molar-refractivity contribution in [2.45, 2.75) is 32.5 Å². The molecule has 4 N–H and O–H groups in total. The molecule has 0 aromatic heterocycles. The van der Waals surface area contributed by atoms with Crippen molar-refractivity contribution in [3.8, 4) is 0 Å². The van der Waals surface area contributed by atoms with Crippen LogP contribution < -0.4 is 0 Å². The van der Waals surface area contributed by atoms with E-state index in [1.807, 2.05) is 6.92 Å². The Morgan fingerprint density at radius 1 is 1.15 bits per heavy atom. The zero-order valence-corrected chi connectivity index (χ0v) is 7.30. The van der Waals surface area contributed by atoms with E-state index in [0.29, 0.717) is 6.42 Å². The highest BCUT2D eigenvalue weighted by Gasteiger charge is 2.01. The van der Waals surface area contributed by atoms with Crippen LogP contribution in [0.1, 0.15) is 26.2 Å². The monoisotopic (exact) mass is 194 g/mol. The Labute approximate surface area is 75.4 Å². The zero-order chi connectivity index (χ0) is 10.9. The number of aliphatic hydroxyl groups is 2. The molecule has 0 radical (unpaired) electrons. The molecule has 13 heavy (non-hydrogen) atoms. The van der Waals surface area contributed by atoms with E-state index in [1.165, 1.54) is 0 Å². The highest BCUT2D eigenvalue weighted by molar-refractivity contribution is 5.88. The van der Waals surface area contributed by atoms with Crippen LogP contribution in [-0.2, 0) is 9.59 Å². The molecule has 0 aliphatic carbocycles. The molecule has 0 spiro atoms. The second kappa shape index (κ2) is 8.95. The molecule has 0 fully saturated rings. The van der Waals surface area contributed by atoms with Crippen molar-refractivity contribution in [1.29, 1.82) is 0 Å². The molecule has 0 aliphatic heterocycles. The Morgan fingerprint density at radius 3 is 1.54 bits per heavy atom. The lowest BCUT2D eigenvalue weighted by atomic mass is 10.3. The SMILES string of the molecule is CCCC(O)O.O=C(O)CC(=O)O. The first kappa shape index (κ1) is 14.4. The van der Waals surface area contributed by atoms with Gasteiger partial charge >= 0.3 is 11.9 Å². The number of rotatable bonds is 4. The first-order valence-electron chi connectivity index (χ1n) is 3.69. The summed E-state index contributed by atoms with van der Waals surface area (Å²) in [6.07, 6.45) is -0.590. The summed E-state index contributed by atoms with van der Waals surface area (Å²) >= 11 is 0. The van der Waals surface area contributed by atoms with E-state index in [0.717, 1.165) is 6.42 Å². The number of hydrogen-bond donors (Lipinski definition) is 4. The van der Waals surface area contributed by atoms with E-state index in [1.54, 1.807) is 0 Å². The second-order valence-electron chi connectivity index (χ2n) is 2.23. The first-order valence-corrected chi connectivity index (χ1v) is 3.69. The summed E-state index contributed by atoms with van der Waals surface area (Å²) in [7, 11) is 0. The van der Waals surface area contributed by atoms with Gasteiger partial charge in [-0.3, -0.25) is 9.59 Å². The van der Waals surface area contributed by atoms with E-state index in [9.17, 15) is 9.59 Å². The molecule has 6 heteroatoms. The van der Waals surface area contributed by atoms with Gasteiger partial charge in [-0.1, -0.05) is 13.3 Å². The summed E-state index contributed by atoms with van der Waals surface area (Å²) in [5.74, 6) is -2.62. The van der Waals surface area contributed by atoms with Crippen LogP contribution in [0.25, 0.3) is 0 Å². The minimum absolute atomic E-state index is 0.486. The largest absolute Gasteiger partial charge is 0.481 e. The lowest BCUT2D eigenvalue weighted by Crippen LogP contribution is -2.03. The molecule has 6 nitrogen and oxygen atoms in total. The smallest absolute Gasteiger partial charge is 0.314 e. The van der Waals surface area contributed by atoms with Gasteiger partial charge in [-0.25, -0.2) is 0 Å². The minimum Gasteiger partial charge on any atom is -0.481 e. The van der Waals surface area contributed by atoms with Crippen LogP contribution in [0.5, 0.6) is 0 Å². The summed E-state index contributed by atoms with van der Waals surface area (Å²) in [6, 6.07) is 0. The van der Waals surface area contributed by atoms with Gasteiger partial charge in [-0.05, 0) is 6.42 Å². The van der Waals surface area contributed by atoms with Crippen LogP contribution in [0.4, 0.5) is 0 Å². The van der Waals surface area contributed by atoms with Crippen molar-refractivity contribution in [2.24, 2.45) is 0 Å². The number of hydrogen-bond acceptors (Lipinski definition) is 4. The Kier molecular flexibility index (Phi) is 9.91. The molecule has 0 bridgehead atoms. The molecule has 0 aromatic carbocycles. The van der Waals surface area contributed by atoms with Crippen LogP contribution in [-0.4, -0.2) is 38.7 Å². The van der Waals surface area contributed by atoms with Crippen molar-refractivity contribution in [1.82, 2.24) is 0 Å². The molecule has 0 saturated heterocycles. The van der Waals surface area contributed by atoms with E-state index in [4.69, 9.17) is 20.4 Å². The predicted molar refractivity (Wildman–Crippen MR) is 43.0 cm³/mol. The maximum atomic E-state index is 9.43. The van der Waals surface area contributed by atoms with Gasteiger partial charge in [-0.2, -0.15) is 0 Å². The maximum Gasteiger partial charge on any atom is 0.314 e. The number of carboxylic acid groups (broad SMARTS) is 2. The third-order valence-electron chi connectivity index (χ3n) is 0.849. The van der Waals surface area contributed by atoms with E-state index >= 15 is 0 Å². The fourth-order valence-corrected chi connectivity index (χ4v) is 0.388. The van der Waals surface area contributed by atoms with Gasteiger partial charge < -0.3 is 20.4 Å². The molecule has 0 aromatic rings. The Bertz CT molecular complexity index is 141. The third kappa shape index (κ3) is 24.8. The van der Waals surface area contributed by atoms with Crippen LogP contribution in [0.3, 0.4) is 0 Å². The summed E-state index contributed by atoms with van der Waals surface area (Å²) < 4.78 is 0. The second-order valence-corrected chi connectivity index (χ2v) is 2.23. The molecule has 0 atom stereocenters. The van der Waals surface area contributed by atoms with Crippen molar-refractivity contribution in [3.05, 3.63) is 0 Å². The van der Waals surface area contributed by atoms with Crippen molar-refractivity contribution in [3.63, 3.8) is 0 Å². The summed E-state index contributed by atoms with van der Waals surface area (Å²) in [5.41, 5.74) is 0. The molecule has 78 valence electrons. The number of aliphatic carboxylic acids is 2. The van der Waals surface area contributed by atoms with Crippen molar-refractivity contribution < 1.29 is 30.0 Å². The van der Waals surface area contributed by atoms with E-state index in [2.05, 4.69) is 0 Å². The highest BCUT2D eigenvalue weighted by atomic mass is 16.5. The lowest BCUT2D eigenvalue weighted by Gasteiger charge is -1.94. The number of aliphatic hydroxyl groups excluding tert-OH is 1. The van der Waals surface area contributed by atoms with Gasteiger partial charge in [0, 0.05) is 0 Å². The fourth-order valence-electron chi connectivity index (χ4n) is 0.388. The molecule has 0 saturated carbocycles. The van der Waals surface area contributed by atoms with Gasteiger partial charge in [0.25, 0.3) is 0 Å². The number of carbonyl (C=O) groups is 2. The fraction of sp³-hybridized carbons (Fsp3) is 0.714. The third-order valence-corrected chi connectivity index (χ3v) is 0.849. The Balaban J connectivity index is 0. The van der Waals surface area contributed by atoms with Crippen LogP contribution in [0.2, 0.25) is 0 Å². The standard InChI is InChI=1S/C4H10O2.C3H4O4/c1-2-3-4(5)6;4-2(5)1-3(6)7/h4-6H,2-3H2,1H3;1H2,(H,4,5)(H,6,7). The quantitative estimate of drug-likeness (QED) is 0.359. The molecule has 0 amide bonds. The van der Waals surface area contributed by atoms with E-state index < -0.39 is 24.6 Å². The molecular formula is C7H14O6. The van der Waals surface area contributed by atoms with Gasteiger partial charge in [0.1, 0.15) is 6.42 Å². The molecule has 0 rings (SSSR count). The molecule has 0 aliphatic rings. The number of carboxylic acids is 2. The van der Waals surface area contributed by atoms with Crippen LogP contribution in [0, 0.1) is 0 Å². The average Bonchev–Trinajstić information content (AvgIpc) is 1.83. The van der Waals surface area contributed by atoms with Gasteiger partial charge in [0.2, 0.25) is 0 Å². The molecule has 0 unspecified atom stereocenters. The Hall–Kier alpha value is -1.14. The average molecular weight is 194 g/mol. The first-order chi connectivity index (χ1) is 5.90. The van der Waals surface area contributed by atoms with Crippen molar-refractivity contribution in [2.75, 3.05) is 0 Å². The van der Waals surface area contributed by atoms with Gasteiger partial charge in [0.05, 0.1) is 0 Å². The lowest BCUT2D eigenvalue weighted by molar-refractivity contribution is -0.147. The zero-order valence-electron chi connectivity index (χ0n) is 7.30. The minimum atomic E-state index is -1.31. The summed E-state index contributed by atoms with van der Waals surface area (Å²) in [6.45, 7) is 1.90. The van der Waals surface area contributed by atoms with E-state index in [-0.39, 0.29) is 0 Å². The predicted octanol–water partition coefficient (Wildman–Crippen LogP) is -0.357. The Morgan fingerprint density at radius 2 is 1.54 bits per heavy atom. The summed E-state index contributed by atoms with van der Waals surface area (Å²) in [4.78, 5) is 18.9. The van der Waals surface area contributed by atoms with Gasteiger partial charge in [0.15, 0.2) is 6.29 Å². The highest BCUT2D eigenvalue weighted by Crippen LogP contribution is 1.88. The maximum absolute atomic E-state index is 9.43. The topological polar surface area (TPSA) is 115 Å². The normalized spacial score (nSPS) is 8.92. The summed E-state index contributed by atoms with van der Waals surface area (Å²) in [5, 5.41) is 31.6. The van der Waals surface area contributed by atoms with Crippen LogP contribution in [0.15, 0.2) is 0 Å². The van der Waals surface area contributed by atoms with Gasteiger partial charge in [-0.15, -0.1) is 0 Å².